The van der Waals surface area contributed by atoms with Crippen LogP contribution in [-0.2, 0) is 14.8 Å². The van der Waals surface area contributed by atoms with Gasteiger partial charge in [0.15, 0.2) is 0 Å². The Bertz CT molecular complexity index is 259. The van der Waals surface area contributed by atoms with Gasteiger partial charge in [-0.2, -0.15) is 4.31 Å². The van der Waals surface area contributed by atoms with Crippen LogP contribution in [0, 0.1) is 0 Å². The molecule has 1 radical (unpaired) electrons. The Kier molecular flexibility index (Phi) is 2.15. The minimum atomic E-state index is -3.21. The topological polar surface area (TPSA) is 68.6 Å². The fraction of sp³-hybridized carbons (Fsp3) is 0.800. The van der Waals surface area contributed by atoms with Gasteiger partial charge in [-0.15, -0.1) is 0 Å². The molecule has 0 aromatic heterocycles. The van der Waals surface area contributed by atoms with Crippen molar-refractivity contribution in [2.45, 2.75) is 0 Å². The van der Waals surface area contributed by atoms with Crippen LogP contribution in [0.5, 0.6) is 0 Å². The van der Waals surface area contributed by atoms with Crippen LogP contribution in [0.25, 0.3) is 0 Å². The maximum Gasteiger partial charge on any atom is 0.256 e. The predicted molar refractivity (Wildman–Crippen MR) is 38.4 cm³/mol. The molecule has 0 aromatic carbocycles. The highest BCUT2D eigenvalue weighted by atomic mass is 32.2. The van der Waals surface area contributed by atoms with Crippen molar-refractivity contribution in [1.82, 2.24) is 9.62 Å². The summed E-state index contributed by atoms with van der Waals surface area (Å²) in [6.07, 6.45) is 1.09. The monoisotopic (exact) mass is 177 g/mol. The first-order valence-corrected chi connectivity index (χ1v) is 5.00. The van der Waals surface area contributed by atoms with Crippen LogP contribution < -0.4 is 5.32 Å². The highest BCUT2D eigenvalue weighted by Crippen LogP contribution is 2.00. The second-order valence-corrected chi connectivity index (χ2v) is 4.35. The maximum absolute atomic E-state index is 10.9. The van der Waals surface area contributed by atoms with Gasteiger partial charge in [0.25, 0.3) is 5.91 Å². The Morgan fingerprint density at radius 2 is 2.18 bits per heavy atom. The van der Waals surface area contributed by atoms with Crippen molar-refractivity contribution in [1.29, 1.82) is 0 Å². The van der Waals surface area contributed by atoms with Gasteiger partial charge in [0.05, 0.1) is 19.3 Å². The van der Waals surface area contributed by atoms with E-state index in [2.05, 4.69) is 5.32 Å². The lowest BCUT2D eigenvalue weighted by Crippen LogP contribution is -2.46. The van der Waals surface area contributed by atoms with Gasteiger partial charge in [0.2, 0.25) is 10.0 Å². The number of carbonyl (C=O) groups is 1. The molecule has 6 heteroatoms. The van der Waals surface area contributed by atoms with Crippen LogP contribution in [0.2, 0.25) is 0 Å². The third-order valence-corrected chi connectivity index (χ3v) is 2.67. The molecule has 0 N–H and O–H groups in total. The molecule has 11 heavy (non-hydrogen) atoms. The average Bonchev–Trinajstić information content (AvgIpc) is 1.86. The van der Waals surface area contributed by atoms with Gasteiger partial charge in [0.1, 0.15) is 0 Å². The molecular weight excluding hydrogens is 168 g/mol. The van der Waals surface area contributed by atoms with E-state index >= 15 is 0 Å². The number of nitrogens with zero attached hydrogens (tertiary/aromatic N) is 2. The lowest BCUT2D eigenvalue weighted by molar-refractivity contribution is -0.123. The predicted octanol–water partition coefficient (Wildman–Crippen LogP) is -1.61. The molecule has 1 rings (SSSR count). The summed E-state index contributed by atoms with van der Waals surface area (Å²) in [6.45, 7) is 0.509. The summed E-state index contributed by atoms with van der Waals surface area (Å²) >= 11 is 0. The smallest absolute Gasteiger partial charge is 0.256 e. The minimum Gasteiger partial charge on any atom is -0.271 e. The third-order valence-electron chi connectivity index (χ3n) is 1.42. The van der Waals surface area contributed by atoms with Crippen molar-refractivity contribution in [2.24, 2.45) is 0 Å². The van der Waals surface area contributed by atoms with E-state index in [-0.39, 0.29) is 19.0 Å². The zero-order chi connectivity index (χ0) is 8.48. The van der Waals surface area contributed by atoms with Crippen LogP contribution in [0.3, 0.4) is 0 Å². The van der Waals surface area contributed by atoms with Gasteiger partial charge in [-0.05, 0) is 0 Å². The summed E-state index contributed by atoms with van der Waals surface area (Å²) in [5, 5.41) is 3.55. The zero-order valence-corrected chi connectivity index (χ0v) is 6.97. The van der Waals surface area contributed by atoms with Gasteiger partial charge in [-0.3, -0.25) is 4.79 Å². The number of piperazine rings is 1. The van der Waals surface area contributed by atoms with Crippen LogP contribution in [0.15, 0.2) is 0 Å². The number of rotatable bonds is 1. The van der Waals surface area contributed by atoms with Gasteiger partial charge >= 0.3 is 0 Å². The van der Waals surface area contributed by atoms with E-state index in [4.69, 9.17) is 0 Å². The van der Waals surface area contributed by atoms with E-state index in [1.54, 1.807) is 0 Å². The molecule has 0 spiro atoms. The normalized spacial score (nSPS) is 21.4. The zero-order valence-electron chi connectivity index (χ0n) is 6.15. The molecule has 1 aliphatic rings. The number of carbonyl (C=O) groups excluding carboxylic acids is 1. The van der Waals surface area contributed by atoms with Crippen LogP contribution in [-0.4, -0.2) is 44.5 Å². The summed E-state index contributed by atoms with van der Waals surface area (Å²) in [5.41, 5.74) is 0. The summed E-state index contributed by atoms with van der Waals surface area (Å²) in [4.78, 5) is 10.6. The van der Waals surface area contributed by atoms with E-state index in [1.807, 2.05) is 0 Å². The Morgan fingerprint density at radius 1 is 1.55 bits per heavy atom. The Hall–Kier alpha value is -0.620. The lowest BCUT2D eigenvalue weighted by Gasteiger charge is -2.22. The molecule has 0 aliphatic carbocycles. The average molecular weight is 177 g/mol. The number of hydrogen-bond donors (Lipinski definition) is 0. The molecule has 1 fully saturated rings. The first kappa shape index (κ1) is 8.48. The fourth-order valence-corrected chi connectivity index (χ4v) is 1.61. The molecule has 63 valence electrons. The Balaban J connectivity index is 2.68. The van der Waals surface area contributed by atoms with Crippen molar-refractivity contribution < 1.29 is 13.2 Å². The maximum atomic E-state index is 10.9. The number of amides is 1. The number of hydrogen-bond acceptors (Lipinski definition) is 3. The molecule has 1 amide bonds. The summed E-state index contributed by atoms with van der Waals surface area (Å²) in [6, 6.07) is 0. The molecule has 1 saturated heterocycles. The van der Waals surface area contributed by atoms with Gasteiger partial charge in [-0.25, -0.2) is 13.7 Å². The van der Waals surface area contributed by atoms with Crippen LogP contribution in [0.4, 0.5) is 0 Å². The minimum absolute atomic E-state index is 0.0984. The molecule has 5 nitrogen and oxygen atoms in total. The second kappa shape index (κ2) is 2.78. The molecule has 0 bridgehead atoms. The van der Waals surface area contributed by atoms with E-state index < -0.39 is 10.0 Å². The quantitative estimate of drug-likeness (QED) is 0.484. The first-order valence-electron chi connectivity index (χ1n) is 3.15. The molecule has 0 unspecified atom stereocenters. The summed E-state index contributed by atoms with van der Waals surface area (Å²) in [5.74, 6) is -0.360. The molecule has 0 atom stereocenters. The molecule has 0 aromatic rings. The standard InChI is InChI=1S/C5H9N2O3S/c1-11(9,10)7-3-2-6-5(8)4-7/h2-4H2,1H3. The first-order chi connectivity index (χ1) is 5.00. The second-order valence-electron chi connectivity index (χ2n) is 2.37. The highest BCUT2D eigenvalue weighted by molar-refractivity contribution is 7.88. The van der Waals surface area contributed by atoms with Crippen molar-refractivity contribution in [3.05, 3.63) is 0 Å². The van der Waals surface area contributed by atoms with Crippen molar-refractivity contribution in [3.63, 3.8) is 0 Å². The van der Waals surface area contributed by atoms with E-state index in [1.165, 1.54) is 0 Å². The summed E-state index contributed by atoms with van der Waals surface area (Å²) < 4.78 is 22.9. The Labute approximate surface area is 65.4 Å². The molecule has 1 aliphatic heterocycles. The molecule has 1 heterocycles. The van der Waals surface area contributed by atoms with Crippen LogP contribution >= 0.6 is 0 Å². The largest absolute Gasteiger partial charge is 0.271 e. The van der Waals surface area contributed by atoms with Gasteiger partial charge < -0.3 is 0 Å². The van der Waals surface area contributed by atoms with Crippen LogP contribution in [0.1, 0.15) is 0 Å². The molecular formula is C5H9N2O3S. The Morgan fingerprint density at radius 3 is 2.55 bits per heavy atom. The lowest BCUT2D eigenvalue weighted by atomic mass is 10.4. The number of sulfonamides is 1. The highest BCUT2D eigenvalue weighted by Gasteiger charge is 2.24. The third kappa shape index (κ3) is 2.16. The van der Waals surface area contributed by atoms with E-state index in [9.17, 15) is 13.2 Å². The fourth-order valence-electron chi connectivity index (χ4n) is 0.849. The SMILES string of the molecule is CS(=O)(=O)N1CC[N]C(=O)C1. The van der Waals surface area contributed by atoms with Crippen molar-refractivity contribution >= 4 is 15.9 Å². The van der Waals surface area contributed by atoms with Gasteiger partial charge in [-0.1, -0.05) is 0 Å². The van der Waals surface area contributed by atoms with Gasteiger partial charge in [0, 0.05) is 6.54 Å². The summed E-state index contributed by atoms with van der Waals surface area (Å²) in [7, 11) is -3.21. The van der Waals surface area contributed by atoms with Crippen molar-refractivity contribution in [3.8, 4) is 0 Å². The van der Waals surface area contributed by atoms with E-state index in [0.29, 0.717) is 6.54 Å². The molecule has 0 saturated carbocycles. The van der Waals surface area contributed by atoms with Crippen molar-refractivity contribution in [2.75, 3.05) is 25.9 Å². The van der Waals surface area contributed by atoms with E-state index in [0.717, 1.165) is 10.6 Å².